The molecule has 0 saturated carbocycles. The van der Waals surface area contributed by atoms with Crippen molar-refractivity contribution >= 4 is 21.4 Å². The van der Waals surface area contributed by atoms with Crippen molar-refractivity contribution in [3.05, 3.63) is 29.1 Å². The minimum atomic E-state index is -3.08. The maximum absolute atomic E-state index is 14.4. The number of benzene rings is 1. The van der Waals surface area contributed by atoms with E-state index in [1.165, 1.54) is 6.07 Å². The predicted octanol–water partition coefficient (Wildman–Crippen LogP) is 1.58. The third kappa shape index (κ3) is 3.55. The normalized spacial score (nSPS) is 25.4. The summed E-state index contributed by atoms with van der Waals surface area (Å²) in [6.45, 7) is 4.28. The van der Waals surface area contributed by atoms with Crippen LogP contribution in [0.1, 0.15) is 30.9 Å². The van der Waals surface area contributed by atoms with Gasteiger partial charge in [-0.3, -0.25) is 4.79 Å². The summed E-state index contributed by atoms with van der Waals surface area (Å²) in [5, 5.41) is 2.84. The maximum Gasteiger partial charge on any atom is 0.239 e. The zero-order valence-electron chi connectivity index (χ0n) is 14.1. The van der Waals surface area contributed by atoms with E-state index in [1.807, 2.05) is 13.0 Å². The van der Waals surface area contributed by atoms with Crippen LogP contribution >= 0.6 is 0 Å². The van der Waals surface area contributed by atoms with Gasteiger partial charge in [0.15, 0.2) is 9.84 Å². The molecule has 2 aliphatic rings. The molecule has 0 aromatic heterocycles. The third-order valence-corrected chi connectivity index (χ3v) is 6.66. The van der Waals surface area contributed by atoms with Crippen molar-refractivity contribution < 1.29 is 17.6 Å². The molecule has 132 valence electrons. The number of amides is 1. The van der Waals surface area contributed by atoms with Crippen molar-refractivity contribution in [2.75, 3.05) is 29.5 Å². The monoisotopic (exact) mass is 354 g/mol. The van der Waals surface area contributed by atoms with Crippen molar-refractivity contribution in [1.82, 2.24) is 5.32 Å². The minimum Gasteiger partial charge on any atom is -0.360 e. The molecule has 1 N–H and O–H groups in total. The van der Waals surface area contributed by atoms with Crippen molar-refractivity contribution in [1.29, 1.82) is 0 Å². The number of halogens is 1. The summed E-state index contributed by atoms with van der Waals surface area (Å²) >= 11 is 0. The van der Waals surface area contributed by atoms with Crippen LogP contribution in [0.2, 0.25) is 0 Å². The fourth-order valence-corrected chi connectivity index (χ4v) is 5.83. The molecule has 0 aliphatic carbocycles. The molecule has 1 fully saturated rings. The minimum absolute atomic E-state index is 0.0319. The summed E-state index contributed by atoms with van der Waals surface area (Å²) in [5.74, 6) is -0.491. The second-order valence-electron chi connectivity index (χ2n) is 7.23. The number of carbonyl (C=O) groups excluding carboxylic acids is 1. The molecule has 1 atom stereocenters. The quantitative estimate of drug-likeness (QED) is 0.895. The fourth-order valence-electron chi connectivity index (χ4n) is 3.74. The van der Waals surface area contributed by atoms with Crippen LogP contribution in [0.15, 0.2) is 12.1 Å². The van der Waals surface area contributed by atoms with Crippen LogP contribution in [0.25, 0.3) is 0 Å². The highest BCUT2D eigenvalue weighted by Crippen LogP contribution is 2.31. The molecule has 1 aromatic carbocycles. The van der Waals surface area contributed by atoms with E-state index in [2.05, 4.69) is 5.32 Å². The predicted molar refractivity (Wildman–Crippen MR) is 91.5 cm³/mol. The molecule has 2 aliphatic heterocycles. The summed E-state index contributed by atoms with van der Waals surface area (Å²) in [6, 6.07) is 3.45. The van der Waals surface area contributed by atoms with Crippen LogP contribution in [0.4, 0.5) is 10.1 Å². The lowest BCUT2D eigenvalue weighted by Gasteiger charge is -2.33. The van der Waals surface area contributed by atoms with Gasteiger partial charge in [-0.1, -0.05) is 6.07 Å². The standard InChI is InChI=1S/C17H23FN2O3S/c1-12-8-13-4-3-6-20(16(13)14(18)9-12)10-15(21)19-17(2)5-7-24(22,23)11-17/h8-9H,3-7,10-11H2,1-2H3,(H,19,21). The molecule has 3 rings (SSSR count). The van der Waals surface area contributed by atoms with E-state index in [4.69, 9.17) is 0 Å². The van der Waals surface area contributed by atoms with Gasteiger partial charge in [0.1, 0.15) is 5.82 Å². The lowest BCUT2D eigenvalue weighted by Crippen LogP contribution is -2.51. The highest BCUT2D eigenvalue weighted by Gasteiger charge is 2.39. The first-order valence-corrected chi connectivity index (χ1v) is 10.1. The molecular weight excluding hydrogens is 331 g/mol. The van der Waals surface area contributed by atoms with Crippen LogP contribution in [0, 0.1) is 12.7 Å². The van der Waals surface area contributed by atoms with Gasteiger partial charge >= 0.3 is 0 Å². The second-order valence-corrected chi connectivity index (χ2v) is 9.41. The smallest absolute Gasteiger partial charge is 0.239 e. The number of hydrogen-bond acceptors (Lipinski definition) is 4. The zero-order chi connectivity index (χ0) is 17.5. The molecule has 2 heterocycles. The Labute approximate surface area is 142 Å². The third-order valence-electron chi connectivity index (χ3n) is 4.76. The number of sulfone groups is 1. The van der Waals surface area contributed by atoms with Gasteiger partial charge in [-0.25, -0.2) is 12.8 Å². The van der Waals surface area contributed by atoms with Crippen LogP contribution < -0.4 is 10.2 Å². The number of carbonyl (C=O) groups is 1. The van der Waals surface area contributed by atoms with Crippen LogP contribution in [0.3, 0.4) is 0 Å². The second kappa shape index (κ2) is 6.02. The van der Waals surface area contributed by atoms with E-state index >= 15 is 0 Å². The molecule has 7 heteroatoms. The number of anilines is 1. The van der Waals surface area contributed by atoms with Crippen molar-refractivity contribution in [3.8, 4) is 0 Å². The molecule has 24 heavy (non-hydrogen) atoms. The van der Waals surface area contributed by atoms with E-state index in [0.29, 0.717) is 18.7 Å². The number of aryl methyl sites for hydroxylation is 2. The Bertz CT molecular complexity index is 778. The van der Waals surface area contributed by atoms with Crippen LogP contribution in [0.5, 0.6) is 0 Å². The van der Waals surface area contributed by atoms with Crippen molar-refractivity contribution in [2.24, 2.45) is 0 Å². The summed E-state index contributed by atoms with van der Waals surface area (Å²) in [5.41, 5.74) is 1.59. The molecule has 1 saturated heterocycles. The van der Waals surface area contributed by atoms with E-state index in [9.17, 15) is 17.6 Å². The Morgan fingerprint density at radius 2 is 2.17 bits per heavy atom. The Kier molecular flexibility index (Phi) is 4.32. The Hall–Kier alpha value is -1.63. The van der Waals surface area contributed by atoms with Crippen molar-refractivity contribution in [2.45, 2.75) is 38.6 Å². The first kappa shape index (κ1) is 17.2. The highest BCUT2D eigenvalue weighted by molar-refractivity contribution is 7.91. The van der Waals surface area contributed by atoms with Gasteiger partial charge in [-0.2, -0.15) is 0 Å². The number of nitrogens with one attached hydrogen (secondary N) is 1. The lowest BCUT2D eigenvalue weighted by molar-refractivity contribution is -0.121. The topological polar surface area (TPSA) is 66.5 Å². The largest absolute Gasteiger partial charge is 0.360 e. The van der Waals surface area contributed by atoms with Crippen LogP contribution in [-0.4, -0.2) is 44.5 Å². The lowest BCUT2D eigenvalue weighted by atomic mass is 9.98. The molecule has 0 radical (unpaired) electrons. The molecule has 0 spiro atoms. The van der Waals surface area contributed by atoms with Crippen molar-refractivity contribution in [3.63, 3.8) is 0 Å². The summed E-state index contributed by atoms with van der Waals surface area (Å²) in [7, 11) is -3.08. The summed E-state index contributed by atoms with van der Waals surface area (Å²) in [6.07, 6.45) is 2.10. The SMILES string of the molecule is Cc1cc(F)c2c(c1)CCCN2CC(=O)NC1(C)CCS(=O)(=O)C1. The summed E-state index contributed by atoms with van der Waals surface area (Å²) < 4.78 is 37.7. The molecule has 0 bridgehead atoms. The molecule has 1 unspecified atom stereocenters. The van der Waals surface area contributed by atoms with E-state index in [0.717, 1.165) is 24.0 Å². The van der Waals surface area contributed by atoms with Gasteiger partial charge in [0.05, 0.1) is 29.3 Å². The van der Waals surface area contributed by atoms with Gasteiger partial charge in [-0.15, -0.1) is 0 Å². The number of fused-ring (bicyclic) bond motifs is 1. The van der Waals surface area contributed by atoms with Crippen LogP contribution in [-0.2, 0) is 21.1 Å². The van der Waals surface area contributed by atoms with Gasteiger partial charge < -0.3 is 10.2 Å². The first-order valence-electron chi connectivity index (χ1n) is 8.23. The zero-order valence-corrected chi connectivity index (χ0v) is 14.9. The van der Waals surface area contributed by atoms with E-state index < -0.39 is 15.4 Å². The Morgan fingerprint density at radius 3 is 2.83 bits per heavy atom. The van der Waals surface area contributed by atoms with E-state index in [1.54, 1.807) is 11.8 Å². The number of hydrogen-bond donors (Lipinski definition) is 1. The molecule has 1 aromatic rings. The summed E-state index contributed by atoms with van der Waals surface area (Å²) in [4.78, 5) is 14.2. The first-order chi connectivity index (χ1) is 11.2. The van der Waals surface area contributed by atoms with Gasteiger partial charge in [-0.05, 0) is 50.3 Å². The Morgan fingerprint density at radius 1 is 1.42 bits per heavy atom. The Balaban J connectivity index is 1.73. The number of nitrogens with zero attached hydrogens (tertiary/aromatic N) is 1. The molecule has 5 nitrogen and oxygen atoms in total. The van der Waals surface area contributed by atoms with E-state index in [-0.39, 0.29) is 29.8 Å². The molecular formula is C17H23FN2O3S. The average Bonchev–Trinajstić information content (AvgIpc) is 2.71. The fraction of sp³-hybridized carbons (Fsp3) is 0.588. The number of rotatable bonds is 3. The maximum atomic E-state index is 14.4. The average molecular weight is 354 g/mol. The van der Waals surface area contributed by atoms with Gasteiger partial charge in [0.25, 0.3) is 0 Å². The molecule has 1 amide bonds. The van der Waals surface area contributed by atoms with Gasteiger partial charge in [0, 0.05) is 6.54 Å². The highest BCUT2D eigenvalue weighted by atomic mass is 32.2. The van der Waals surface area contributed by atoms with Gasteiger partial charge in [0.2, 0.25) is 5.91 Å².